The number of amides is 6. The number of aliphatic hydroxyl groups is 1. The van der Waals surface area contributed by atoms with Crippen molar-refractivity contribution in [3.8, 4) is 0 Å². The van der Waals surface area contributed by atoms with Crippen molar-refractivity contribution < 1.29 is 43.8 Å². The van der Waals surface area contributed by atoms with Gasteiger partial charge in [-0.3, -0.25) is 33.8 Å². The summed E-state index contributed by atoms with van der Waals surface area (Å²) in [4.78, 5) is 96.7. The van der Waals surface area contributed by atoms with Gasteiger partial charge >= 0.3 is 5.97 Å². The van der Waals surface area contributed by atoms with Crippen LogP contribution >= 0.6 is 0 Å². The van der Waals surface area contributed by atoms with Crippen LogP contribution < -0.4 is 54.8 Å². The highest BCUT2D eigenvalue weighted by Gasteiger charge is 2.35. The van der Waals surface area contributed by atoms with Crippen LogP contribution in [0.5, 0.6) is 0 Å². The quantitative estimate of drug-likeness (QED) is 0.0227. The molecule has 16 N–H and O–H groups in total. The first kappa shape index (κ1) is 53.4. The molecule has 0 aromatic carbocycles. The van der Waals surface area contributed by atoms with Gasteiger partial charge in [0.2, 0.25) is 35.4 Å². The summed E-state index contributed by atoms with van der Waals surface area (Å²) >= 11 is 0. The van der Waals surface area contributed by atoms with Crippen molar-refractivity contribution in [2.24, 2.45) is 51.6 Å². The Morgan fingerprint density at radius 2 is 1.05 bits per heavy atom. The molecule has 0 aliphatic carbocycles. The van der Waals surface area contributed by atoms with Crippen LogP contribution in [0.3, 0.4) is 0 Å². The third-order valence-corrected chi connectivity index (χ3v) is 9.45. The second kappa shape index (κ2) is 28.0. The number of aliphatic imine (C=N–C) groups is 1. The van der Waals surface area contributed by atoms with E-state index < -0.39 is 96.2 Å². The van der Waals surface area contributed by atoms with Crippen LogP contribution in [0.2, 0.25) is 0 Å². The number of unbranched alkanes of at least 4 members (excludes halogenated alkanes) is 1. The van der Waals surface area contributed by atoms with Crippen molar-refractivity contribution >= 4 is 47.4 Å². The van der Waals surface area contributed by atoms with E-state index in [1.54, 1.807) is 27.7 Å². The molecule has 0 unspecified atom stereocenters. The molecule has 0 fully saturated rings. The number of rotatable bonds is 29. The monoisotopic (exact) mass is 828 g/mol. The molecular weight excluding hydrogens is 754 g/mol. The van der Waals surface area contributed by atoms with Gasteiger partial charge in [0.25, 0.3) is 0 Å². The van der Waals surface area contributed by atoms with E-state index in [2.05, 4.69) is 36.9 Å². The highest BCUT2D eigenvalue weighted by atomic mass is 16.4. The normalized spacial score (nSPS) is 15.5. The molecule has 0 spiro atoms. The fraction of sp³-hybridized carbons (Fsp3) is 0.789. The van der Waals surface area contributed by atoms with Gasteiger partial charge in [0.15, 0.2) is 5.96 Å². The fourth-order valence-electron chi connectivity index (χ4n) is 5.73. The van der Waals surface area contributed by atoms with Crippen LogP contribution in [0.25, 0.3) is 0 Å². The van der Waals surface area contributed by atoms with Crippen LogP contribution in [-0.4, -0.2) is 120 Å². The predicted molar refractivity (Wildman–Crippen MR) is 220 cm³/mol. The summed E-state index contributed by atoms with van der Waals surface area (Å²) < 4.78 is 0. The summed E-state index contributed by atoms with van der Waals surface area (Å²) in [5, 5.41) is 35.4. The lowest BCUT2D eigenvalue weighted by Gasteiger charge is -2.29. The highest BCUT2D eigenvalue weighted by molar-refractivity contribution is 5.97. The van der Waals surface area contributed by atoms with Crippen LogP contribution in [0.1, 0.15) is 107 Å². The molecule has 0 aliphatic rings. The number of nitrogens with one attached hydrogen (secondary N) is 6. The number of carboxylic acid groups (broad SMARTS) is 1. The third kappa shape index (κ3) is 20.7. The van der Waals surface area contributed by atoms with Crippen molar-refractivity contribution in [3.05, 3.63) is 0 Å². The molecule has 20 nitrogen and oxygen atoms in total. The Labute approximate surface area is 343 Å². The Hall–Kier alpha value is -4.56. The molecule has 0 heterocycles. The fourth-order valence-corrected chi connectivity index (χ4v) is 5.73. The third-order valence-electron chi connectivity index (χ3n) is 9.45. The second-order valence-corrected chi connectivity index (χ2v) is 16.0. The lowest BCUT2D eigenvalue weighted by Crippen LogP contribution is -2.61. The van der Waals surface area contributed by atoms with Gasteiger partial charge in [0, 0.05) is 6.54 Å². The molecule has 20 heteroatoms. The molecule has 0 saturated heterocycles. The molecule has 8 atom stereocenters. The van der Waals surface area contributed by atoms with Crippen molar-refractivity contribution in [3.63, 3.8) is 0 Å². The summed E-state index contributed by atoms with van der Waals surface area (Å²) in [7, 11) is 0. The standard InChI is InChI=1S/C38H73N11O9/c1-9-23(8)30(36(56)45-24(13-10-11-15-39)31(51)47-27(37(57)58)18-21(4)5)49-32(52)25(14-12-16-43-38(41)42)44-34(54)28(19-50)48-33(53)26(17-20(2)3)46-35(55)29(40)22(6)7/h20-30,50H,9-19,39-40H2,1-8H3,(H,44,54)(H,45,56)(H,46,55)(H,47,51)(H,48,53)(H,49,52)(H,57,58)(H4,41,42,43)/t23-,24-,25-,26-,27-,28-,29-,30-/m0/s1. The van der Waals surface area contributed by atoms with Gasteiger partial charge in [-0.05, 0) is 75.2 Å². The second-order valence-electron chi connectivity index (χ2n) is 16.0. The molecule has 0 aromatic heterocycles. The van der Waals surface area contributed by atoms with Crippen molar-refractivity contribution in [2.45, 2.75) is 149 Å². The molecule has 0 bridgehead atoms. The summed E-state index contributed by atoms with van der Waals surface area (Å²) in [5.74, 6) is -6.65. The topological polar surface area (TPSA) is 349 Å². The number of carbonyl (C=O) groups excluding carboxylic acids is 6. The van der Waals surface area contributed by atoms with E-state index in [0.717, 1.165) is 0 Å². The molecule has 6 amide bonds. The first-order chi connectivity index (χ1) is 27.1. The van der Waals surface area contributed by atoms with Crippen LogP contribution in [0.4, 0.5) is 0 Å². The Morgan fingerprint density at radius 3 is 1.53 bits per heavy atom. The summed E-state index contributed by atoms with van der Waals surface area (Å²) in [6, 6.07) is -8.39. The Kier molecular flexibility index (Phi) is 25.8. The van der Waals surface area contributed by atoms with Gasteiger partial charge < -0.3 is 65.0 Å². The van der Waals surface area contributed by atoms with E-state index in [1.165, 1.54) is 0 Å². The molecule has 0 aliphatic heterocycles. The molecule has 0 rings (SSSR count). The smallest absolute Gasteiger partial charge is 0.326 e. The first-order valence-electron chi connectivity index (χ1n) is 20.3. The maximum absolute atomic E-state index is 13.9. The van der Waals surface area contributed by atoms with E-state index in [9.17, 15) is 43.8 Å². The van der Waals surface area contributed by atoms with Crippen LogP contribution in [0.15, 0.2) is 4.99 Å². The number of aliphatic hydroxyl groups excluding tert-OH is 1. The number of nitrogens with two attached hydrogens (primary N) is 4. The Morgan fingerprint density at radius 1 is 0.603 bits per heavy atom. The number of hydrogen-bond acceptors (Lipinski definition) is 11. The molecule has 0 saturated carbocycles. The number of guanidine groups is 1. The molecule has 334 valence electrons. The van der Waals surface area contributed by atoms with E-state index in [-0.39, 0.29) is 62.4 Å². The van der Waals surface area contributed by atoms with Gasteiger partial charge in [-0.15, -0.1) is 0 Å². The average Bonchev–Trinajstić information content (AvgIpc) is 3.14. The van der Waals surface area contributed by atoms with Gasteiger partial charge in [0.05, 0.1) is 12.6 Å². The minimum absolute atomic E-state index is 0.0367. The minimum atomic E-state index is -1.54. The first-order valence-corrected chi connectivity index (χ1v) is 20.3. The largest absolute Gasteiger partial charge is 0.480 e. The average molecular weight is 828 g/mol. The molecule has 0 aromatic rings. The summed E-state index contributed by atoms with van der Waals surface area (Å²) in [6.45, 7) is 13.9. The van der Waals surface area contributed by atoms with Gasteiger partial charge in [-0.1, -0.05) is 61.8 Å². The van der Waals surface area contributed by atoms with Crippen molar-refractivity contribution in [1.82, 2.24) is 31.9 Å². The summed E-state index contributed by atoms with van der Waals surface area (Å²) in [6.07, 6.45) is 2.05. The van der Waals surface area contributed by atoms with E-state index in [1.807, 2.05) is 27.7 Å². The maximum atomic E-state index is 13.9. The molecule has 58 heavy (non-hydrogen) atoms. The van der Waals surface area contributed by atoms with E-state index in [0.29, 0.717) is 25.8 Å². The lowest BCUT2D eigenvalue weighted by molar-refractivity contribution is -0.143. The number of nitrogens with zero attached hydrogens (tertiary/aromatic N) is 1. The highest BCUT2D eigenvalue weighted by Crippen LogP contribution is 2.13. The Balaban J connectivity index is 6.41. The maximum Gasteiger partial charge on any atom is 0.326 e. The predicted octanol–water partition coefficient (Wildman–Crippen LogP) is -1.72. The zero-order valence-electron chi connectivity index (χ0n) is 35.6. The van der Waals surface area contributed by atoms with Crippen molar-refractivity contribution in [2.75, 3.05) is 19.7 Å². The zero-order chi connectivity index (χ0) is 44.7. The summed E-state index contributed by atoms with van der Waals surface area (Å²) in [5.41, 5.74) is 22.5. The van der Waals surface area contributed by atoms with Crippen molar-refractivity contribution in [1.29, 1.82) is 0 Å². The number of carboxylic acids is 1. The zero-order valence-corrected chi connectivity index (χ0v) is 35.6. The Bertz CT molecular complexity index is 1360. The lowest BCUT2D eigenvalue weighted by atomic mass is 9.96. The number of hydrogen-bond donors (Lipinski definition) is 12. The van der Waals surface area contributed by atoms with E-state index >= 15 is 0 Å². The van der Waals surface area contributed by atoms with Gasteiger partial charge in [0.1, 0.15) is 36.3 Å². The SMILES string of the molecule is CC[C@H](C)[C@H](NC(=O)[C@H](CCCN=C(N)N)NC(=O)[C@H](CO)NC(=O)[C@H](CC(C)C)NC(=O)[C@@H](N)C(C)C)C(=O)N[C@@H](CCCCN)C(=O)N[C@@H](CC(C)C)C(=O)O. The molecule has 0 radical (unpaired) electrons. The number of carbonyl (C=O) groups is 7. The van der Waals surface area contributed by atoms with Gasteiger partial charge in [-0.25, -0.2) is 4.79 Å². The molecular formula is C38H73N11O9. The minimum Gasteiger partial charge on any atom is -0.480 e. The van der Waals surface area contributed by atoms with Gasteiger partial charge in [-0.2, -0.15) is 0 Å². The van der Waals surface area contributed by atoms with E-state index in [4.69, 9.17) is 22.9 Å². The number of aliphatic carboxylic acids is 1. The van der Waals surface area contributed by atoms with Crippen LogP contribution in [0, 0.1) is 23.7 Å². The van der Waals surface area contributed by atoms with Crippen LogP contribution in [-0.2, 0) is 33.6 Å².